The van der Waals surface area contributed by atoms with Crippen molar-refractivity contribution in [1.82, 2.24) is 4.90 Å². The lowest BCUT2D eigenvalue weighted by atomic mass is 9.98. The normalized spacial score (nSPS) is 11.6. The largest absolute Gasteiger partial charge is 0.396 e. The first-order chi connectivity index (χ1) is 24.3. The second-order valence-electron chi connectivity index (χ2n) is 16.0. The van der Waals surface area contributed by atoms with Gasteiger partial charge < -0.3 is 10.0 Å². The maximum Gasteiger partial charge on any atom is 0.0443 e. The van der Waals surface area contributed by atoms with Gasteiger partial charge in [-0.25, -0.2) is 0 Å². The minimum Gasteiger partial charge on any atom is -0.396 e. The van der Waals surface area contributed by atoms with E-state index in [1.807, 2.05) is 0 Å². The molecule has 0 aromatic carbocycles. The monoisotopic (exact) mass is 690 g/mol. The maximum absolute atomic E-state index is 9.52. The van der Waals surface area contributed by atoms with Gasteiger partial charge in [-0.15, -0.1) is 0 Å². The van der Waals surface area contributed by atoms with Crippen LogP contribution in [0.3, 0.4) is 0 Å². The number of hydrogen-bond acceptors (Lipinski definition) is 2. The first-order valence-corrected chi connectivity index (χ1v) is 23.3. The van der Waals surface area contributed by atoms with Crippen molar-refractivity contribution in [2.75, 3.05) is 26.2 Å². The van der Waals surface area contributed by atoms with E-state index in [0.29, 0.717) is 6.61 Å². The number of rotatable bonds is 43. The fraction of sp³-hybridized carbons (Fsp3) is 0.957. The Labute approximate surface area is 311 Å². The highest BCUT2D eigenvalue weighted by atomic mass is 16.3. The average molecular weight is 690 g/mol. The highest BCUT2D eigenvalue weighted by Gasteiger charge is 2.06. The van der Waals surface area contributed by atoms with Crippen molar-refractivity contribution in [3.05, 3.63) is 11.6 Å². The van der Waals surface area contributed by atoms with Crippen molar-refractivity contribution < 1.29 is 5.11 Å². The molecule has 0 aliphatic carbocycles. The van der Waals surface area contributed by atoms with Crippen LogP contribution in [0.5, 0.6) is 0 Å². The molecular weight excluding hydrogens is 595 g/mol. The fourth-order valence-electron chi connectivity index (χ4n) is 7.62. The molecule has 0 aromatic rings. The van der Waals surface area contributed by atoms with E-state index in [-0.39, 0.29) is 0 Å². The molecule has 1 N–H and O–H groups in total. The molecule has 0 atom stereocenters. The lowest BCUT2D eigenvalue weighted by molar-refractivity contribution is 0.223. The third-order valence-corrected chi connectivity index (χ3v) is 11.0. The Balaban J connectivity index is 4.42. The van der Waals surface area contributed by atoms with E-state index < -0.39 is 0 Å². The number of nitrogens with zero attached hydrogens (tertiary/aromatic N) is 1. The summed E-state index contributed by atoms with van der Waals surface area (Å²) in [6, 6.07) is 0. The van der Waals surface area contributed by atoms with Gasteiger partial charge in [-0.1, -0.05) is 231 Å². The topological polar surface area (TPSA) is 23.5 Å². The lowest BCUT2D eigenvalue weighted by Gasteiger charge is -2.21. The summed E-state index contributed by atoms with van der Waals surface area (Å²) in [4.78, 5) is 2.66. The lowest BCUT2D eigenvalue weighted by Crippen LogP contribution is -2.27. The molecule has 0 rings (SSSR count). The summed E-state index contributed by atoms with van der Waals surface area (Å²) in [5, 5.41) is 9.52. The summed E-state index contributed by atoms with van der Waals surface area (Å²) in [7, 11) is 0. The van der Waals surface area contributed by atoms with E-state index in [0.717, 1.165) is 13.0 Å². The van der Waals surface area contributed by atoms with Gasteiger partial charge in [0.1, 0.15) is 0 Å². The van der Waals surface area contributed by atoms with E-state index in [9.17, 15) is 5.11 Å². The van der Waals surface area contributed by atoms with E-state index in [4.69, 9.17) is 0 Å². The fourth-order valence-corrected chi connectivity index (χ4v) is 7.62. The molecule has 0 saturated heterocycles. The summed E-state index contributed by atoms with van der Waals surface area (Å²) >= 11 is 0. The summed E-state index contributed by atoms with van der Waals surface area (Å²) in [5.41, 5.74) is 1.76. The highest BCUT2D eigenvalue weighted by molar-refractivity contribution is 5.02. The van der Waals surface area contributed by atoms with E-state index in [2.05, 4.69) is 31.7 Å². The van der Waals surface area contributed by atoms with Crippen LogP contribution in [0, 0.1) is 0 Å². The second kappa shape index (κ2) is 43.8. The standard InChI is InChI=1S/C47H95NO/c1-4-7-10-13-16-19-22-24-26-29-32-35-40-47(41-36-33-30-27-25-23-20-17-14-11-8-5-2)42-38-44-48(45-39-46-49)43-37-34-31-28-21-18-15-12-9-6-3/h42,49H,4-41,43-46H2,1-3H3. The van der Waals surface area contributed by atoms with Gasteiger partial charge in [0.05, 0.1) is 0 Å². The van der Waals surface area contributed by atoms with Gasteiger partial charge in [-0.2, -0.15) is 0 Å². The summed E-state index contributed by atoms with van der Waals surface area (Å²) in [5.74, 6) is 0. The first kappa shape index (κ1) is 48.7. The van der Waals surface area contributed by atoms with E-state index >= 15 is 0 Å². The van der Waals surface area contributed by atoms with Gasteiger partial charge in [0.2, 0.25) is 0 Å². The molecule has 0 aliphatic heterocycles. The highest BCUT2D eigenvalue weighted by Crippen LogP contribution is 2.21. The molecule has 294 valence electrons. The van der Waals surface area contributed by atoms with Gasteiger partial charge in [0, 0.05) is 19.7 Å². The number of hydrogen-bond donors (Lipinski definition) is 1. The van der Waals surface area contributed by atoms with Gasteiger partial charge in [-0.05, 0) is 51.5 Å². The maximum atomic E-state index is 9.52. The Morgan fingerprint density at radius 1 is 0.347 bits per heavy atom. The zero-order valence-electron chi connectivity index (χ0n) is 34.7. The summed E-state index contributed by atoms with van der Waals surface area (Å²) in [6.45, 7) is 10.7. The molecule has 2 nitrogen and oxygen atoms in total. The van der Waals surface area contributed by atoms with Crippen LogP contribution in [0.4, 0.5) is 0 Å². The van der Waals surface area contributed by atoms with Crippen LogP contribution in [0.25, 0.3) is 0 Å². The van der Waals surface area contributed by atoms with Crippen LogP contribution < -0.4 is 0 Å². The van der Waals surface area contributed by atoms with Crippen LogP contribution in [-0.2, 0) is 0 Å². The average Bonchev–Trinajstić information content (AvgIpc) is 3.11. The molecule has 0 aromatic heterocycles. The van der Waals surface area contributed by atoms with Gasteiger partial charge in [0.15, 0.2) is 0 Å². The zero-order valence-corrected chi connectivity index (χ0v) is 34.7. The molecule has 0 unspecified atom stereocenters. The van der Waals surface area contributed by atoms with Gasteiger partial charge in [-0.3, -0.25) is 0 Å². The molecule has 0 aliphatic rings. The first-order valence-electron chi connectivity index (χ1n) is 23.3. The molecule has 49 heavy (non-hydrogen) atoms. The van der Waals surface area contributed by atoms with Crippen molar-refractivity contribution in [3.8, 4) is 0 Å². The van der Waals surface area contributed by atoms with Gasteiger partial charge >= 0.3 is 0 Å². The van der Waals surface area contributed by atoms with Crippen molar-refractivity contribution in [3.63, 3.8) is 0 Å². The smallest absolute Gasteiger partial charge is 0.0443 e. The Kier molecular flexibility index (Phi) is 43.5. The molecule has 2 heteroatoms. The minimum absolute atomic E-state index is 0.327. The van der Waals surface area contributed by atoms with E-state index in [1.165, 1.54) is 251 Å². The summed E-state index contributed by atoms with van der Waals surface area (Å²) in [6.07, 6.45) is 56.0. The molecule has 0 saturated carbocycles. The van der Waals surface area contributed by atoms with Crippen LogP contribution >= 0.6 is 0 Å². The van der Waals surface area contributed by atoms with Crippen LogP contribution in [0.1, 0.15) is 265 Å². The van der Waals surface area contributed by atoms with Crippen molar-refractivity contribution in [2.24, 2.45) is 0 Å². The minimum atomic E-state index is 0.327. The number of aliphatic hydroxyl groups is 1. The zero-order chi connectivity index (χ0) is 35.6. The Morgan fingerprint density at radius 2 is 0.633 bits per heavy atom. The number of allylic oxidation sites excluding steroid dienone is 1. The third-order valence-electron chi connectivity index (χ3n) is 11.0. The Hall–Kier alpha value is -0.340. The summed E-state index contributed by atoms with van der Waals surface area (Å²) < 4.78 is 0. The van der Waals surface area contributed by atoms with Crippen molar-refractivity contribution >= 4 is 0 Å². The predicted molar refractivity (Wildman–Crippen MR) is 224 cm³/mol. The number of aliphatic hydroxyl groups excluding tert-OH is 1. The van der Waals surface area contributed by atoms with Gasteiger partial charge in [0.25, 0.3) is 0 Å². The molecular formula is C47H95NO. The van der Waals surface area contributed by atoms with Crippen LogP contribution in [0.2, 0.25) is 0 Å². The molecule has 0 bridgehead atoms. The van der Waals surface area contributed by atoms with Crippen LogP contribution in [-0.4, -0.2) is 36.2 Å². The van der Waals surface area contributed by atoms with Crippen LogP contribution in [0.15, 0.2) is 11.6 Å². The SMILES string of the molecule is CCCCCCCCCCCCCCC(=CCCN(CCCO)CCCCCCCCCCCC)CCCCCCCCCCCCCC. The number of unbranched alkanes of at least 4 members (excludes halogenated alkanes) is 31. The quantitative estimate of drug-likeness (QED) is 0.0509. The molecule has 0 fully saturated rings. The molecule has 0 heterocycles. The van der Waals surface area contributed by atoms with E-state index in [1.54, 1.807) is 5.57 Å². The molecule has 0 spiro atoms. The second-order valence-corrected chi connectivity index (χ2v) is 16.0. The van der Waals surface area contributed by atoms with Crippen molar-refractivity contribution in [1.29, 1.82) is 0 Å². The molecule has 0 radical (unpaired) electrons. The predicted octanol–water partition coefficient (Wildman–Crippen LogP) is 16.1. The Morgan fingerprint density at radius 3 is 0.959 bits per heavy atom. The Bertz CT molecular complexity index is 585. The van der Waals surface area contributed by atoms with Crippen molar-refractivity contribution in [2.45, 2.75) is 265 Å². The third kappa shape index (κ3) is 40.3. The molecule has 0 amide bonds.